The summed E-state index contributed by atoms with van der Waals surface area (Å²) in [5, 5.41) is 0. The quantitative estimate of drug-likeness (QED) is 0.747. The summed E-state index contributed by atoms with van der Waals surface area (Å²) in [5.41, 5.74) is 3.85. The number of nitrogens with zero attached hydrogens (tertiary/aromatic N) is 2. The van der Waals surface area contributed by atoms with E-state index < -0.39 is 0 Å². The third-order valence-corrected chi connectivity index (χ3v) is 3.81. The van der Waals surface area contributed by atoms with E-state index in [-0.39, 0.29) is 0 Å². The number of hydrogen-bond donors (Lipinski definition) is 0. The predicted octanol–water partition coefficient (Wildman–Crippen LogP) is 2.87. The zero-order valence-corrected chi connectivity index (χ0v) is 11.7. The number of likely N-dealkylation sites (N-methyl/N-ethyl adjacent to an activating group) is 1. The number of rotatable bonds is 2. The van der Waals surface area contributed by atoms with Crippen LogP contribution in [0, 0.1) is 6.92 Å². The Morgan fingerprint density at radius 3 is 2.76 bits per heavy atom. The molecule has 0 bridgehead atoms. The number of piperazine rings is 1. The highest BCUT2D eigenvalue weighted by Crippen LogP contribution is 2.26. The standard InChI is InChI=1S/C14H21ClN2/c1-11-4-5-14(13(8-11)9-15)17-7-6-16(3)10-12(17)2/h4-5,8,12H,6-7,9-10H2,1-3H3. The Morgan fingerprint density at radius 2 is 2.12 bits per heavy atom. The molecule has 1 saturated heterocycles. The first-order valence-corrected chi connectivity index (χ1v) is 6.76. The second kappa shape index (κ2) is 5.28. The summed E-state index contributed by atoms with van der Waals surface area (Å²) in [5.74, 6) is 0.593. The van der Waals surface area contributed by atoms with Crippen molar-refractivity contribution in [1.82, 2.24) is 4.90 Å². The van der Waals surface area contributed by atoms with Gasteiger partial charge < -0.3 is 9.80 Å². The number of aryl methyl sites for hydroxylation is 1. The number of hydrogen-bond acceptors (Lipinski definition) is 2. The zero-order chi connectivity index (χ0) is 12.4. The summed E-state index contributed by atoms with van der Waals surface area (Å²) >= 11 is 6.06. The molecule has 1 heterocycles. The summed E-state index contributed by atoms with van der Waals surface area (Å²) in [6.45, 7) is 7.74. The fourth-order valence-electron chi connectivity index (χ4n) is 2.60. The number of anilines is 1. The number of alkyl halides is 1. The molecule has 0 saturated carbocycles. The molecule has 0 radical (unpaired) electrons. The van der Waals surface area contributed by atoms with E-state index in [4.69, 9.17) is 11.6 Å². The summed E-state index contributed by atoms with van der Waals surface area (Å²) < 4.78 is 0. The van der Waals surface area contributed by atoms with Crippen LogP contribution in [0.2, 0.25) is 0 Å². The average molecular weight is 253 g/mol. The van der Waals surface area contributed by atoms with Gasteiger partial charge in [0.1, 0.15) is 0 Å². The summed E-state index contributed by atoms with van der Waals surface area (Å²) in [6.07, 6.45) is 0. The number of halogens is 1. The van der Waals surface area contributed by atoms with Crippen LogP contribution >= 0.6 is 11.6 Å². The van der Waals surface area contributed by atoms with Crippen LogP contribution in [0.15, 0.2) is 18.2 Å². The molecule has 2 nitrogen and oxygen atoms in total. The second-order valence-electron chi connectivity index (χ2n) is 5.07. The molecule has 1 fully saturated rings. The van der Waals surface area contributed by atoms with Crippen LogP contribution < -0.4 is 4.90 Å². The SMILES string of the molecule is Cc1ccc(N2CCN(C)CC2C)c(CCl)c1. The summed E-state index contributed by atoms with van der Waals surface area (Å²) in [7, 11) is 2.19. The first-order chi connectivity index (χ1) is 8.11. The molecule has 1 aliphatic heterocycles. The lowest BCUT2D eigenvalue weighted by Gasteiger charge is -2.40. The van der Waals surface area contributed by atoms with E-state index >= 15 is 0 Å². The van der Waals surface area contributed by atoms with Gasteiger partial charge in [0, 0.05) is 37.2 Å². The fraction of sp³-hybridized carbons (Fsp3) is 0.571. The van der Waals surface area contributed by atoms with Gasteiger partial charge in [0.2, 0.25) is 0 Å². The molecule has 0 spiro atoms. The molecule has 1 aromatic rings. The third-order valence-electron chi connectivity index (χ3n) is 3.52. The molecule has 0 amide bonds. The second-order valence-corrected chi connectivity index (χ2v) is 5.34. The van der Waals surface area contributed by atoms with Gasteiger partial charge in [0.05, 0.1) is 0 Å². The highest BCUT2D eigenvalue weighted by Gasteiger charge is 2.23. The predicted molar refractivity (Wildman–Crippen MR) is 75.0 cm³/mol. The maximum Gasteiger partial charge on any atom is 0.0494 e. The maximum atomic E-state index is 6.06. The van der Waals surface area contributed by atoms with Crippen LogP contribution in [-0.4, -0.2) is 37.6 Å². The molecule has 0 aliphatic carbocycles. The molecule has 1 atom stereocenters. The molecular weight excluding hydrogens is 232 g/mol. The van der Waals surface area contributed by atoms with Crippen molar-refractivity contribution in [3.63, 3.8) is 0 Å². The Labute approximate surface area is 109 Å². The van der Waals surface area contributed by atoms with Gasteiger partial charge in [-0.25, -0.2) is 0 Å². The van der Waals surface area contributed by atoms with E-state index in [1.54, 1.807) is 0 Å². The van der Waals surface area contributed by atoms with E-state index in [0.717, 1.165) is 19.6 Å². The summed E-state index contributed by atoms with van der Waals surface area (Å²) in [6, 6.07) is 7.15. The highest BCUT2D eigenvalue weighted by atomic mass is 35.5. The Morgan fingerprint density at radius 1 is 1.35 bits per heavy atom. The van der Waals surface area contributed by atoms with E-state index in [2.05, 4.69) is 48.9 Å². The minimum atomic E-state index is 0.554. The van der Waals surface area contributed by atoms with Gasteiger partial charge in [-0.1, -0.05) is 17.7 Å². The molecule has 3 heteroatoms. The van der Waals surface area contributed by atoms with Crippen molar-refractivity contribution in [2.45, 2.75) is 25.8 Å². The third kappa shape index (κ3) is 2.75. The van der Waals surface area contributed by atoms with Crippen LogP contribution in [0.3, 0.4) is 0 Å². The Balaban J connectivity index is 2.27. The maximum absolute atomic E-state index is 6.06. The molecule has 2 rings (SSSR count). The smallest absolute Gasteiger partial charge is 0.0494 e. The van der Waals surface area contributed by atoms with Gasteiger partial charge >= 0.3 is 0 Å². The Bertz CT molecular complexity index is 392. The molecular formula is C14H21ClN2. The molecule has 0 N–H and O–H groups in total. The number of benzene rings is 1. The first kappa shape index (κ1) is 12.7. The van der Waals surface area contributed by atoms with Crippen molar-refractivity contribution in [2.24, 2.45) is 0 Å². The highest BCUT2D eigenvalue weighted by molar-refractivity contribution is 6.17. The van der Waals surface area contributed by atoms with Crippen molar-refractivity contribution < 1.29 is 0 Å². The van der Waals surface area contributed by atoms with Crippen molar-refractivity contribution in [3.8, 4) is 0 Å². The first-order valence-electron chi connectivity index (χ1n) is 6.22. The van der Waals surface area contributed by atoms with Gasteiger partial charge in [0.25, 0.3) is 0 Å². The lowest BCUT2D eigenvalue weighted by molar-refractivity contribution is 0.275. The molecule has 1 unspecified atom stereocenters. The minimum Gasteiger partial charge on any atom is -0.366 e. The van der Waals surface area contributed by atoms with Gasteiger partial charge in [-0.3, -0.25) is 0 Å². The van der Waals surface area contributed by atoms with E-state index in [0.29, 0.717) is 11.9 Å². The fourth-order valence-corrected chi connectivity index (χ4v) is 2.81. The molecule has 94 valence electrons. The Kier molecular flexibility index (Phi) is 3.95. The van der Waals surface area contributed by atoms with Crippen LogP contribution in [0.5, 0.6) is 0 Å². The normalized spacial score (nSPS) is 21.9. The van der Waals surface area contributed by atoms with Gasteiger partial charge in [0.15, 0.2) is 0 Å². The lowest BCUT2D eigenvalue weighted by Crippen LogP contribution is -2.50. The molecule has 17 heavy (non-hydrogen) atoms. The van der Waals surface area contributed by atoms with Gasteiger partial charge in [-0.2, -0.15) is 0 Å². The van der Waals surface area contributed by atoms with Gasteiger partial charge in [-0.05, 0) is 32.5 Å². The summed E-state index contributed by atoms with van der Waals surface area (Å²) in [4.78, 5) is 4.87. The van der Waals surface area contributed by atoms with Crippen LogP contribution in [0.4, 0.5) is 5.69 Å². The van der Waals surface area contributed by atoms with Crippen LogP contribution in [-0.2, 0) is 5.88 Å². The largest absolute Gasteiger partial charge is 0.366 e. The monoisotopic (exact) mass is 252 g/mol. The minimum absolute atomic E-state index is 0.554. The molecule has 1 aromatic carbocycles. The van der Waals surface area contributed by atoms with Crippen LogP contribution in [0.25, 0.3) is 0 Å². The average Bonchev–Trinajstić information content (AvgIpc) is 2.30. The van der Waals surface area contributed by atoms with Crippen molar-refractivity contribution in [1.29, 1.82) is 0 Å². The Hall–Kier alpha value is -0.730. The zero-order valence-electron chi connectivity index (χ0n) is 10.9. The van der Waals surface area contributed by atoms with Crippen molar-refractivity contribution in [2.75, 3.05) is 31.6 Å². The van der Waals surface area contributed by atoms with Crippen LogP contribution in [0.1, 0.15) is 18.1 Å². The van der Waals surface area contributed by atoms with E-state index in [1.165, 1.54) is 16.8 Å². The van der Waals surface area contributed by atoms with E-state index in [9.17, 15) is 0 Å². The van der Waals surface area contributed by atoms with Crippen molar-refractivity contribution in [3.05, 3.63) is 29.3 Å². The molecule has 1 aliphatic rings. The molecule has 0 aromatic heterocycles. The van der Waals surface area contributed by atoms with Gasteiger partial charge in [-0.15, -0.1) is 11.6 Å². The topological polar surface area (TPSA) is 6.48 Å². The van der Waals surface area contributed by atoms with Crippen molar-refractivity contribution >= 4 is 17.3 Å². The van der Waals surface area contributed by atoms with E-state index in [1.807, 2.05) is 0 Å². The lowest BCUT2D eigenvalue weighted by atomic mass is 10.1.